The fraction of sp³-hybridized carbons (Fsp3) is 0.333. The Morgan fingerprint density at radius 3 is 2.70 bits per heavy atom. The molecule has 1 N–H and O–H groups in total. The molecular weight excluding hydrogens is 420 g/mol. The van der Waals surface area contributed by atoms with E-state index in [1.807, 2.05) is 43.5 Å². The molecule has 9 heteroatoms. The number of aromatic nitrogens is 3. The van der Waals surface area contributed by atoms with Gasteiger partial charge in [0.15, 0.2) is 11.0 Å². The molecule has 7 nitrogen and oxygen atoms in total. The molecule has 158 valence electrons. The van der Waals surface area contributed by atoms with Gasteiger partial charge >= 0.3 is 5.97 Å². The van der Waals surface area contributed by atoms with E-state index in [9.17, 15) is 9.59 Å². The number of carbonyl (C=O) groups excluding carboxylic acids is 2. The maximum atomic E-state index is 12.5. The number of nitrogens with zero attached hydrogens (tertiary/aromatic N) is 3. The van der Waals surface area contributed by atoms with Crippen LogP contribution in [0, 0.1) is 13.8 Å². The van der Waals surface area contributed by atoms with E-state index in [1.165, 1.54) is 23.1 Å². The number of rotatable bonds is 8. The summed E-state index contributed by atoms with van der Waals surface area (Å²) in [5.41, 5.74) is 2.53. The average Bonchev–Trinajstić information content (AvgIpc) is 3.29. The number of anilines is 1. The van der Waals surface area contributed by atoms with Crippen LogP contribution in [-0.4, -0.2) is 39.0 Å². The highest BCUT2D eigenvalue weighted by atomic mass is 32.2. The Morgan fingerprint density at radius 1 is 1.20 bits per heavy atom. The van der Waals surface area contributed by atoms with E-state index in [0.717, 1.165) is 21.8 Å². The zero-order valence-electron chi connectivity index (χ0n) is 17.4. The first-order valence-electron chi connectivity index (χ1n) is 9.63. The third kappa shape index (κ3) is 5.09. The lowest BCUT2D eigenvalue weighted by atomic mass is 10.1. The molecule has 0 bridgehead atoms. The minimum atomic E-state index is -0.432. The number of aryl methyl sites for hydroxylation is 2. The number of benzene rings is 1. The number of nitrogens with one attached hydrogen (secondary N) is 1. The lowest BCUT2D eigenvalue weighted by Gasteiger charge is -2.08. The Hall–Kier alpha value is -2.65. The quantitative estimate of drug-likeness (QED) is 0.405. The second-order valence-electron chi connectivity index (χ2n) is 6.58. The van der Waals surface area contributed by atoms with Crippen molar-refractivity contribution in [3.63, 3.8) is 0 Å². The highest BCUT2D eigenvalue weighted by Crippen LogP contribution is 2.29. The molecule has 0 unspecified atom stereocenters. The molecule has 30 heavy (non-hydrogen) atoms. The standard InChI is InChI=1S/C21H24N4O3S2/c1-5-25-18(15-9-7-8-13(3)10-15)23-24-21(25)29-12-17(26)22-19-16(11-14(4)30-19)20(27)28-6-2/h7-11H,5-6,12H2,1-4H3,(H,22,26). The summed E-state index contributed by atoms with van der Waals surface area (Å²) < 4.78 is 7.06. The average molecular weight is 445 g/mol. The highest BCUT2D eigenvalue weighted by Gasteiger charge is 2.19. The Kier molecular flexibility index (Phi) is 7.28. The topological polar surface area (TPSA) is 86.1 Å². The number of esters is 1. The van der Waals surface area contributed by atoms with Crippen LogP contribution in [0.25, 0.3) is 11.4 Å². The smallest absolute Gasteiger partial charge is 0.341 e. The molecule has 1 aromatic carbocycles. The molecule has 0 saturated carbocycles. The van der Waals surface area contributed by atoms with Crippen LogP contribution in [0.5, 0.6) is 0 Å². The largest absolute Gasteiger partial charge is 0.462 e. The molecule has 0 saturated heterocycles. The Balaban J connectivity index is 1.69. The normalized spacial score (nSPS) is 10.8. The summed E-state index contributed by atoms with van der Waals surface area (Å²) in [6, 6.07) is 9.82. The maximum Gasteiger partial charge on any atom is 0.341 e. The van der Waals surface area contributed by atoms with Crippen LogP contribution in [-0.2, 0) is 16.1 Å². The first kappa shape index (κ1) is 22.0. The maximum absolute atomic E-state index is 12.5. The Labute approximate surface area is 183 Å². The minimum Gasteiger partial charge on any atom is -0.462 e. The van der Waals surface area contributed by atoms with E-state index in [1.54, 1.807) is 13.0 Å². The number of ether oxygens (including phenoxy) is 1. The number of hydrogen-bond acceptors (Lipinski definition) is 7. The van der Waals surface area contributed by atoms with Gasteiger partial charge in [-0.25, -0.2) is 4.79 Å². The van der Waals surface area contributed by atoms with Crippen molar-refractivity contribution in [2.45, 2.75) is 39.4 Å². The minimum absolute atomic E-state index is 0.158. The van der Waals surface area contributed by atoms with Crippen LogP contribution in [0.15, 0.2) is 35.5 Å². The molecule has 0 fully saturated rings. The van der Waals surface area contributed by atoms with E-state index >= 15 is 0 Å². The van der Waals surface area contributed by atoms with Crippen molar-refractivity contribution in [1.82, 2.24) is 14.8 Å². The zero-order valence-corrected chi connectivity index (χ0v) is 19.0. The van der Waals surface area contributed by atoms with Crippen molar-refractivity contribution in [3.8, 4) is 11.4 Å². The number of amides is 1. The molecule has 3 rings (SSSR count). The van der Waals surface area contributed by atoms with E-state index in [2.05, 4.69) is 21.6 Å². The van der Waals surface area contributed by atoms with Gasteiger partial charge in [-0.2, -0.15) is 0 Å². The van der Waals surface area contributed by atoms with Gasteiger partial charge in [-0.05, 0) is 39.8 Å². The van der Waals surface area contributed by atoms with Crippen LogP contribution in [0.3, 0.4) is 0 Å². The van der Waals surface area contributed by atoms with E-state index in [-0.39, 0.29) is 18.3 Å². The number of thioether (sulfide) groups is 1. The van der Waals surface area contributed by atoms with Crippen molar-refractivity contribution < 1.29 is 14.3 Å². The van der Waals surface area contributed by atoms with Gasteiger partial charge in [0.2, 0.25) is 5.91 Å². The lowest BCUT2D eigenvalue weighted by Crippen LogP contribution is -2.16. The van der Waals surface area contributed by atoms with Gasteiger partial charge in [-0.1, -0.05) is 35.5 Å². The molecule has 0 spiro atoms. The second-order valence-corrected chi connectivity index (χ2v) is 8.78. The third-order valence-electron chi connectivity index (χ3n) is 4.25. The second kappa shape index (κ2) is 9.90. The summed E-state index contributed by atoms with van der Waals surface area (Å²) in [5.74, 6) is 0.293. The summed E-state index contributed by atoms with van der Waals surface area (Å²) in [6.07, 6.45) is 0. The van der Waals surface area contributed by atoms with Crippen molar-refractivity contribution in [2.75, 3.05) is 17.7 Å². The van der Waals surface area contributed by atoms with Crippen LogP contribution >= 0.6 is 23.1 Å². The molecule has 0 aliphatic carbocycles. The fourth-order valence-corrected chi connectivity index (χ4v) is 4.66. The van der Waals surface area contributed by atoms with Crippen molar-refractivity contribution in [3.05, 3.63) is 46.3 Å². The predicted molar refractivity (Wildman–Crippen MR) is 120 cm³/mol. The SMILES string of the molecule is CCOC(=O)c1cc(C)sc1NC(=O)CSc1nnc(-c2cccc(C)c2)n1CC. The van der Waals surface area contributed by atoms with Crippen molar-refractivity contribution in [2.24, 2.45) is 0 Å². The zero-order chi connectivity index (χ0) is 21.7. The molecule has 2 heterocycles. The molecule has 3 aromatic rings. The van der Waals surface area contributed by atoms with Crippen LogP contribution < -0.4 is 5.32 Å². The van der Waals surface area contributed by atoms with Crippen LogP contribution in [0.1, 0.15) is 34.6 Å². The van der Waals surface area contributed by atoms with Crippen LogP contribution in [0.4, 0.5) is 5.00 Å². The van der Waals surface area contributed by atoms with Crippen molar-refractivity contribution >= 4 is 40.0 Å². The third-order valence-corrected chi connectivity index (χ3v) is 6.18. The van der Waals surface area contributed by atoms with Gasteiger partial charge in [0.1, 0.15) is 5.00 Å². The van der Waals surface area contributed by atoms with Gasteiger partial charge in [0.25, 0.3) is 0 Å². The molecular formula is C21H24N4O3S2. The number of hydrogen-bond donors (Lipinski definition) is 1. The number of thiophene rings is 1. The monoisotopic (exact) mass is 444 g/mol. The summed E-state index contributed by atoms with van der Waals surface area (Å²) in [7, 11) is 0. The molecule has 0 radical (unpaired) electrons. The van der Waals surface area contributed by atoms with Crippen LogP contribution in [0.2, 0.25) is 0 Å². The van der Waals surface area contributed by atoms with E-state index in [0.29, 0.717) is 22.3 Å². The van der Waals surface area contributed by atoms with Gasteiger partial charge in [-0.3, -0.25) is 4.79 Å². The van der Waals surface area contributed by atoms with Gasteiger partial charge < -0.3 is 14.6 Å². The summed E-state index contributed by atoms with van der Waals surface area (Å²) in [5, 5.41) is 12.6. The fourth-order valence-electron chi connectivity index (χ4n) is 2.94. The predicted octanol–water partition coefficient (Wildman–Crippen LogP) is 4.55. The van der Waals surface area contributed by atoms with Crippen molar-refractivity contribution in [1.29, 1.82) is 0 Å². The number of carbonyl (C=O) groups is 2. The highest BCUT2D eigenvalue weighted by molar-refractivity contribution is 7.99. The Morgan fingerprint density at radius 2 is 2.00 bits per heavy atom. The van der Waals surface area contributed by atoms with Gasteiger partial charge in [0, 0.05) is 17.0 Å². The molecule has 0 aliphatic heterocycles. The molecule has 1 amide bonds. The van der Waals surface area contributed by atoms with Gasteiger partial charge in [-0.15, -0.1) is 21.5 Å². The summed E-state index contributed by atoms with van der Waals surface area (Å²) >= 11 is 2.67. The molecule has 0 aliphatic rings. The molecule has 0 atom stereocenters. The summed E-state index contributed by atoms with van der Waals surface area (Å²) in [6.45, 7) is 8.67. The first-order valence-corrected chi connectivity index (χ1v) is 11.4. The Bertz CT molecular complexity index is 1060. The first-order chi connectivity index (χ1) is 14.4. The van der Waals surface area contributed by atoms with E-state index < -0.39 is 5.97 Å². The summed E-state index contributed by atoms with van der Waals surface area (Å²) in [4.78, 5) is 25.5. The van der Waals surface area contributed by atoms with E-state index in [4.69, 9.17) is 4.74 Å². The van der Waals surface area contributed by atoms with Gasteiger partial charge in [0.05, 0.1) is 17.9 Å². The lowest BCUT2D eigenvalue weighted by molar-refractivity contribution is -0.113. The molecule has 2 aromatic heterocycles.